The maximum Gasteiger partial charge on any atom is 0.257 e. The summed E-state index contributed by atoms with van der Waals surface area (Å²) in [6, 6.07) is 1.72. The molecule has 2 atom stereocenters. The summed E-state index contributed by atoms with van der Waals surface area (Å²) in [6.45, 7) is 1.23. The van der Waals surface area contributed by atoms with E-state index >= 15 is 0 Å². The molecule has 6 nitrogen and oxygen atoms in total. The minimum atomic E-state index is -0.166. The molecule has 1 aromatic heterocycles. The number of aromatic hydroxyl groups is 1. The molecule has 106 valence electrons. The van der Waals surface area contributed by atoms with Crippen LogP contribution in [0.25, 0.3) is 0 Å². The van der Waals surface area contributed by atoms with Gasteiger partial charge in [-0.05, 0) is 24.8 Å². The van der Waals surface area contributed by atoms with E-state index in [4.69, 9.17) is 0 Å². The first-order valence-electron chi connectivity index (χ1n) is 6.87. The number of rotatable bonds is 1. The van der Waals surface area contributed by atoms with Crippen molar-refractivity contribution in [2.24, 2.45) is 5.92 Å². The van der Waals surface area contributed by atoms with Crippen molar-refractivity contribution in [3.8, 4) is 5.75 Å². The molecule has 0 saturated carbocycles. The summed E-state index contributed by atoms with van der Waals surface area (Å²) >= 11 is 0. The van der Waals surface area contributed by atoms with E-state index in [-0.39, 0.29) is 23.6 Å². The normalized spacial score (nSPS) is 25.8. The number of nitrogens with one attached hydrogen (secondary N) is 1. The van der Waals surface area contributed by atoms with Gasteiger partial charge in [-0.15, -0.1) is 0 Å². The van der Waals surface area contributed by atoms with Gasteiger partial charge in [0.15, 0.2) is 0 Å². The van der Waals surface area contributed by atoms with Crippen molar-refractivity contribution in [1.82, 2.24) is 15.2 Å². The van der Waals surface area contributed by atoms with Gasteiger partial charge in [-0.3, -0.25) is 14.6 Å². The highest BCUT2D eigenvalue weighted by molar-refractivity contribution is 5.96. The fraction of sp³-hybridized carbons (Fsp3) is 0.500. The van der Waals surface area contributed by atoms with Gasteiger partial charge in [0, 0.05) is 31.7 Å². The predicted octanol–water partition coefficient (Wildman–Crippen LogP) is 0.528. The Balaban J connectivity index is 1.72. The number of aromatic nitrogens is 1. The van der Waals surface area contributed by atoms with Gasteiger partial charge >= 0.3 is 0 Å². The smallest absolute Gasteiger partial charge is 0.257 e. The molecule has 2 unspecified atom stereocenters. The number of likely N-dealkylation sites (tertiary alicyclic amines) is 1. The van der Waals surface area contributed by atoms with Crippen LogP contribution in [0.3, 0.4) is 0 Å². The van der Waals surface area contributed by atoms with E-state index in [1.54, 1.807) is 4.90 Å². The van der Waals surface area contributed by atoms with Crippen LogP contribution in [0.4, 0.5) is 0 Å². The molecular formula is C14H17N3O3. The van der Waals surface area contributed by atoms with E-state index in [0.717, 1.165) is 12.8 Å². The zero-order valence-electron chi connectivity index (χ0n) is 11.1. The number of carbonyl (C=O) groups excluding carboxylic acids is 2. The van der Waals surface area contributed by atoms with E-state index in [9.17, 15) is 14.7 Å². The Labute approximate surface area is 116 Å². The van der Waals surface area contributed by atoms with E-state index in [1.165, 1.54) is 18.5 Å². The Kier molecular flexibility index (Phi) is 3.30. The van der Waals surface area contributed by atoms with Gasteiger partial charge in [0.1, 0.15) is 5.75 Å². The summed E-state index contributed by atoms with van der Waals surface area (Å²) in [6.07, 6.45) is 4.90. The third-order valence-corrected chi connectivity index (χ3v) is 4.14. The average molecular weight is 275 g/mol. The van der Waals surface area contributed by atoms with Crippen LogP contribution in [0.2, 0.25) is 0 Å². The molecule has 0 aliphatic carbocycles. The molecule has 0 spiro atoms. The van der Waals surface area contributed by atoms with Crippen LogP contribution in [-0.2, 0) is 4.79 Å². The molecule has 3 rings (SSSR count). The summed E-state index contributed by atoms with van der Waals surface area (Å²) in [5.41, 5.74) is 0.290. The highest BCUT2D eigenvalue weighted by atomic mass is 16.3. The van der Waals surface area contributed by atoms with Crippen LogP contribution in [-0.4, -0.2) is 45.9 Å². The largest absolute Gasteiger partial charge is 0.505 e. The number of piperidine rings is 2. The maximum absolute atomic E-state index is 12.4. The lowest BCUT2D eigenvalue weighted by atomic mass is 9.85. The van der Waals surface area contributed by atoms with Crippen LogP contribution in [0, 0.1) is 5.92 Å². The molecule has 2 saturated heterocycles. The number of hydrogen-bond donors (Lipinski definition) is 2. The second kappa shape index (κ2) is 5.11. The van der Waals surface area contributed by atoms with Crippen LogP contribution >= 0.6 is 0 Å². The van der Waals surface area contributed by atoms with Crippen molar-refractivity contribution in [3.05, 3.63) is 24.0 Å². The van der Waals surface area contributed by atoms with Gasteiger partial charge in [0.25, 0.3) is 5.91 Å². The zero-order valence-corrected chi connectivity index (χ0v) is 11.1. The van der Waals surface area contributed by atoms with Crippen molar-refractivity contribution in [1.29, 1.82) is 0 Å². The molecule has 0 bridgehead atoms. The van der Waals surface area contributed by atoms with Gasteiger partial charge in [-0.25, -0.2) is 0 Å². The molecule has 0 radical (unpaired) electrons. The Hall–Kier alpha value is -2.11. The van der Waals surface area contributed by atoms with Gasteiger partial charge in [0.2, 0.25) is 5.91 Å². The third kappa shape index (κ3) is 2.33. The highest BCUT2D eigenvalue weighted by Crippen LogP contribution is 2.27. The van der Waals surface area contributed by atoms with E-state index in [0.29, 0.717) is 31.0 Å². The first kappa shape index (κ1) is 12.9. The summed E-state index contributed by atoms with van der Waals surface area (Å²) in [5.74, 6) is 0.170. The summed E-state index contributed by atoms with van der Waals surface area (Å²) < 4.78 is 0. The standard InChI is InChI=1S/C14H17N3O3/c18-12-7-15-5-3-10(12)14(20)17-6-4-11-9(8-17)1-2-13(19)16-11/h3,5,7,9,11,18H,1-2,4,6,8H2,(H,16,19). The first-order chi connectivity index (χ1) is 9.65. The monoisotopic (exact) mass is 275 g/mol. The molecule has 3 heterocycles. The number of hydrogen-bond acceptors (Lipinski definition) is 4. The van der Waals surface area contributed by atoms with Gasteiger partial charge in [-0.2, -0.15) is 0 Å². The Morgan fingerprint density at radius 1 is 1.45 bits per heavy atom. The summed E-state index contributed by atoms with van der Waals surface area (Å²) in [7, 11) is 0. The van der Waals surface area contributed by atoms with E-state index in [1.807, 2.05) is 0 Å². The summed E-state index contributed by atoms with van der Waals surface area (Å²) in [5, 5.41) is 12.7. The minimum absolute atomic E-state index is 0.0865. The maximum atomic E-state index is 12.4. The van der Waals surface area contributed by atoms with Crippen molar-refractivity contribution in [2.45, 2.75) is 25.3 Å². The molecule has 6 heteroatoms. The first-order valence-corrected chi connectivity index (χ1v) is 6.87. The molecule has 2 aliphatic heterocycles. The number of nitrogens with zero attached hydrogens (tertiary/aromatic N) is 2. The Bertz CT molecular complexity index is 546. The molecule has 2 aliphatic rings. The number of pyridine rings is 1. The van der Waals surface area contributed by atoms with Crippen molar-refractivity contribution in [3.63, 3.8) is 0 Å². The van der Waals surface area contributed by atoms with Crippen molar-refractivity contribution >= 4 is 11.8 Å². The summed E-state index contributed by atoms with van der Waals surface area (Å²) in [4.78, 5) is 29.3. The second-order valence-electron chi connectivity index (χ2n) is 5.41. The lowest BCUT2D eigenvalue weighted by Crippen LogP contribution is -2.55. The van der Waals surface area contributed by atoms with Gasteiger partial charge in [-0.1, -0.05) is 0 Å². The van der Waals surface area contributed by atoms with E-state index < -0.39 is 0 Å². The average Bonchev–Trinajstić information content (AvgIpc) is 2.46. The molecule has 1 aromatic rings. The molecule has 2 N–H and O–H groups in total. The predicted molar refractivity (Wildman–Crippen MR) is 71.1 cm³/mol. The van der Waals surface area contributed by atoms with E-state index in [2.05, 4.69) is 10.3 Å². The molecule has 20 heavy (non-hydrogen) atoms. The lowest BCUT2D eigenvalue weighted by Gasteiger charge is -2.41. The van der Waals surface area contributed by atoms with Gasteiger partial charge < -0.3 is 15.3 Å². The lowest BCUT2D eigenvalue weighted by molar-refractivity contribution is -0.125. The fourth-order valence-corrected chi connectivity index (χ4v) is 3.03. The zero-order chi connectivity index (χ0) is 14.1. The molecule has 0 aromatic carbocycles. The molecule has 2 fully saturated rings. The highest BCUT2D eigenvalue weighted by Gasteiger charge is 2.35. The number of amides is 2. The molecular weight excluding hydrogens is 258 g/mol. The molecule has 2 amide bonds. The third-order valence-electron chi connectivity index (χ3n) is 4.14. The van der Waals surface area contributed by atoms with Crippen LogP contribution in [0.1, 0.15) is 29.6 Å². The number of fused-ring (bicyclic) bond motifs is 1. The van der Waals surface area contributed by atoms with Gasteiger partial charge in [0.05, 0.1) is 11.8 Å². The number of carbonyl (C=O) groups is 2. The Morgan fingerprint density at radius 2 is 2.30 bits per heavy atom. The Morgan fingerprint density at radius 3 is 3.10 bits per heavy atom. The van der Waals surface area contributed by atoms with Crippen molar-refractivity contribution < 1.29 is 14.7 Å². The minimum Gasteiger partial charge on any atom is -0.505 e. The van der Waals surface area contributed by atoms with Crippen LogP contribution in [0.15, 0.2) is 18.5 Å². The second-order valence-corrected chi connectivity index (χ2v) is 5.41. The van der Waals surface area contributed by atoms with Crippen molar-refractivity contribution in [2.75, 3.05) is 13.1 Å². The van der Waals surface area contributed by atoms with Crippen LogP contribution < -0.4 is 5.32 Å². The SMILES string of the molecule is O=C1CCC2CN(C(=O)c3ccncc3O)CCC2N1. The quantitative estimate of drug-likeness (QED) is 0.783. The topological polar surface area (TPSA) is 82.5 Å². The fourth-order valence-electron chi connectivity index (χ4n) is 3.03. The van der Waals surface area contributed by atoms with Crippen LogP contribution in [0.5, 0.6) is 5.75 Å².